The molecule has 7 heteroatoms. The Morgan fingerprint density at radius 3 is 2.86 bits per heavy atom. The van der Waals surface area contributed by atoms with Crippen molar-refractivity contribution in [1.82, 2.24) is 25.2 Å². The number of hydrogen-bond donors (Lipinski definition) is 0. The Morgan fingerprint density at radius 2 is 2.09 bits per heavy atom. The lowest BCUT2D eigenvalue weighted by Gasteiger charge is -2.06. The molecule has 1 atom stereocenters. The monoisotopic (exact) mass is 315 g/mol. The van der Waals surface area contributed by atoms with E-state index in [1.165, 1.54) is 0 Å². The topological polar surface area (TPSA) is 65.7 Å². The lowest BCUT2D eigenvalue weighted by atomic mass is 10.2. The maximum Gasteiger partial charge on any atom is 0.204 e. The highest BCUT2D eigenvalue weighted by Crippen LogP contribution is 2.21. The van der Waals surface area contributed by atoms with Gasteiger partial charge in [0, 0.05) is 17.6 Å². The predicted molar refractivity (Wildman–Crippen MR) is 84.5 cm³/mol. The molecule has 1 aromatic carbocycles. The third-order valence-corrected chi connectivity index (χ3v) is 4.18. The van der Waals surface area contributed by atoms with Gasteiger partial charge in [-0.25, -0.2) is 4.98 Å². The molecule has 0 amide bonds. The van der Waals surface area contributed by atoms with E-state index >= 15 is 0 Å². The summed E-state index contributed by atoms with van der Waals surface area (Å²) < 4.78 is 5.55. The van der Waals surface area contributed by atoms with Crippen LogP contribution in [-0.2, 0) is 11.3 Å². The molecule has 22 heavy (non-hydrogen) atoms. The smallest absolute Gasteiger partial charge is 0.204 e. The molecular formula is C15H17N5OS. The van der Waals surface area contributed by atoms with Gasteiger partial charge in [-0.05, 0) is 19.1 Å². The number of benzene rings is 1. The van der Waals surface area contributed by atoms with E-state index in [0.717, 1.165) is 16.3 Å². The Hall–Kier alpha value is -2.12. The third-order valence-electron chi connectivity index (χ3n) is 3.12. The van der Waals surface area contributed by atoms with E-state index in [0.29, 0.717) is 19.0 Å². The van der Waals surface area contributed by atoms with Gasteiger partial charge in [-0.15, -0.1) is 21.5 Å². The van der Waals surface area contributed by atoms with Gasteiger partial charge in [0.1, 0.15) is 17.7 Å². The zero-order chi connectivity index (χ0) is 15.4. The largest absolute Gasteiger partial charge is 0.372 e. The second kappa shape index (κ2) is 6.76. The van der Waals surface area contributed by atoms with Crippen molar-refractivity contribution in [2.24, 2.45) is 0 Å². The second-order valence-electron chi connectivity index (χ2n) is 4.78. The first-order valence-electron chi connectivity index (χ1n) is 7.15. The lowest BCUT2D eigenvalue weighted by molar-refractivity contribution is 0.0761. The van der Waals surface area contributed by atoms with Crippen molar-refractivity contribution in [2.75, 3.05) is 6.61 Å². The van der Waals surface area contributed by atoms with Crippen molar-refractivity contribution in [3.8, 4) is 11.4 Å². The minimum absolute atomic E-state index is 0.0207. The molecule has 0 N–H and O–H groups in total. The van der Waals surface area contributed by atoms with Gasteiger partial charge < -0.3 is 4.74 Å². The van der Waals surface area contributed by atoms with E-state index in [1.807, 2.05) is 49.6 Å². The summed E-state index contributed by atoms with van der Waals surface area (Å²) in [6.07, 6.45) is 0.0207. The molecule has 1 unspecified atom stereocenters. The van der Waals surface area contributed by atoms with Crippen LogP contribution >= 0.6 is 11.3 Å². The molecule has 6 nitrogen and oxygen atoms in total. The van der Waals surface area contributed by atoms with Crippen LogP contribution in [0.25, 0.3) is 11.4 Å². The molecule has 2 aromatic heterocycles. The summed E-state index contributed by atoms with van der Waals surface area (Å²) in [5.74, 6) is 0.624. The highest BCUT2D eigenvalue weighted by Gasteiger charge is 2.12. The molecule has 0 aliphatic rings. The van der Waals surface area contributed by atoms with E-state index in [1.54, 1.807) is 16.1 Å². The van der Waals surface area contributed by atoms with Crippen molar-refractivity contribution in [3.05, 3.63) is 46.4 Å². The molecule has 0 aliphatic heterocycles. The van der Waals surface area contributed by atoms with Crippen LogP contribution in [-0.4, -0.2) is 31.8 Å². The fraction of sp³-hybridized carbons (Fsp3) is 0.333. The van der Waals surface area contributed by atoms with E-state index < -0.39 is 0 Å². The zero-order valence-corrected chi connectivity index (χ0v) is 13.3. The molecule has 3 rings (SSSR count). The molecular weight excluding hydrogens is 298 g/mol. The van der Waals surface area contributed by atoms with Crippen LogP contribution in [0.4, 0.5) is 0 Å². The standard InChI is InChI=1S/C15H17N5OS/c1-3-21-11(2)15-16-13(10-22-15)9-20-18-14(17-19-20)12-7-5-4-6-8-12/h4-8,10-11H,3,9H2,1-2H3. The Morgan fingerprint density at radius 1 is 1.27 bits per heavy atom. The van der Waals surface area contributed by atoms with Gasteiger partial charge in [-0.1, -0.05) is 30.3 Å². The van der Waals surface area contributed by atoms with Crippen LogP contribution in [0.5, 0.6) is 0 Å². The lowest BCUT2D eigenvalue weighted by Crippen LogP contribution is -2.05. The van der Waals surface area contributed by atoms with E-state index in [4.69, 9.17) is 4.74 Å². The molecule has 3 aromatic rings. The van der Waals surface area contributed by atoms with Crippen LogP contribution in [0.2, 0.25) is 0 Å². The highest BCUT2D eigenvalue weighted by atomic mass is 32.1. The average molecular weight is 315 g/mol. The zero-order valence-electron chi connectivity index (χ0n) is 12.5. The van der Waals surface area contributed by atoms with Gasteiger partial charge in [-0.2, -0.15) is 4.80 Å². The fourth-order valence-corrected chi connectivity index (χ4v) is 2.87. The minimum atomic E-state index is 0.0207. The summed E-state index contributed by atoms with van der Waals surface area (Å²) >= 11 is 1.59. The quantitative estimate of drug-likeness (QED) is 0.699. The normalized spacial score (nSPS) is 12.5. The van der Waals surface area contributed by atoms with E-state index in [-0.39, 0.29) is 6.10 Å². The van der Waals surface area contributed by atoms with Crippen LogP contribution in [0.3, 0.4) is 0 Å². The maximum atomic E-state index is 5.55. The van der Waals surface area contributed by atoms with Crippen molar-refractivity contribution < 1.29 is 4.74 Å². The fourth-order valence-electron chi connectivity index (χ4n) is 2.06. The summed E-state index contributed by atoms with van der Waals surface area (Å²) in [4.78, 5) is 6.13. The SMILES string of the molecule is CCOC(C)c1nc(Cn2nnc(-c3ccccc3)n2)cs1. The summed E-state index contributed by atoms with van der Waals surface area (Å²) in [7, 11) is 0. The van der Waals surface area contributed by atoms with Gasteiger partial charge in [0.25, 0.3) is 0 Å². The Labute approximate surface area is 132 Å². The van der Waals surface area contributed by atoms with E-state index in [9.17, 15) is 0 Å². The summed E-state index contributed by atoms with van der Waals surface area (Å²) in [5, 5.41) is 15.6. The Balaban J connectivity index is 1.70. The molecule has 0 radical (unpaired) electrons. The number of tetrazole rings is 1. The molecule has 0 bridgehead atoms. The molecule has 0 aliphatic carbocycles. The Kier molecular flexibility index (Phi) is 4.55. The third kappa shape index (κ3) is 3.37. The first kappa shape index (κ1) is 14.8. The second-order valence-corrected chi connectivity index (χ2v) is 5.67. The number of hydrogen-bond acceptors (Lipinski definition) is 6. The molecule has 2 heterocycles. The van der Waals surface area contributed by atoms with Gasteiger partial charge in [0.2, 0.25) is 5.82 Å². The van der Waals surface area contributed by atoms with Crippen LogP contribution in [0, 0.1) is 0 Å². The number of thiazole rings is 1. The summed E-state index contributed by atoms with van der Waals surface area (Å²) in [6.45, 7) is 5.18. The maximum absolute atomic E-state index is 5.55. The van der Waals surface area contributed by atoms with Crippen LogP contribution in [0.15, 0.2) is 35.7 Å². The van der Waals surface area contributed by atoms with Crippen molar-refractivity contribution >= 4 is 11.3 Å². The number of ether oxygens (including phenoxy) is 1. The number of aromatic nitrogens is 5. The summed E-state index contributed by atoms with van der Waals surface area (Å²) in [6, 6.07) is 9.80. The first-order chi connectivity index (χ1) is 10.8. The summed E-state index contributed by atoms with van der Waals surface area (Å²) in [5.41, 5.74) is 1.88. The molecule has 0 saturated heterocycles. The molecule has 114 valence electrons. The van der Waals surface area contributed by atoms with Crippen molar-refractivity contribution in [1.29, 1.82) is 0 Å². The number of nitrogens with zero attached hydrogens (tertiary/aromatic N) is 5. The van der Waals surface area contributed by atoms with Crippen molar-refractivity contribution in [2.45, 2.75) is 26.5 Å². The van der Waals surface area contributed by atoms with Crippen LogP contribution < -0.4 is 0 Å². The van der Waals surface area contributed by atoms with E-state index in [2.05, 4.69) is 20.4 Å². The average Bonchev–Trinajstić information content (AvgIpc) is 3.18. The van der Waals surface area contributed by atoms with Gasteiger partial charge in [0.15, 0.2) is 0 Å². The van der Waals surface area contributed by atoms with Gasteiger partial charge in [0.05, 0.1) is 5.69 Å². The van der Waals surface area contributed by atoms with Gasteiger partial charge in [-0.3, -0.25) is 0 Å². The molecule has 0 saturated carbocycles. The van der Waals surface area contributed by atoms with Crippen LogP contribution in [0.1, 0.15) is 30.7 Å². The number of rotatable bonds is 6. The highest BCUT2D eigenvalue weighted by molar-refractivity contribution is 7.09. The predicted octanol–water partition coefficient (Wildman–Crippen LogP) is 2.94. The Bertz CT molecular complexity index is 724. The van der Waals surface area contributed by atoms with Gasteiger partial charge >= 0.3 is 0 Å². The first-order valence-corrected chi connectivity index (χ1v) is 8.03. The van der Waals surface area contributed by atoms with Crippen molar-refractivity contribution in [3.63, 3.8) is 0 Å². The minimum Gasteiger partial charge on any atom is -0.372 e. The molecule has 0 spiro atoms. The molecule has 0 fully saturated rings.